The number of nitrogens with zero attached hydrogens (tertiary/aromatic N) is 1. The number of anilines is 1. The Labute approximate surface area is 62.1 Å². The van der Waals surface area contributed by atoms with E-state index in [1.54, 1.807) is 0 Å². The van der Waals surface area contributed by atoms with Crippen LogP contribution in [-0.2, 0) is 0 Å². The van der Waals surface area contributed by atoms with Crippen LogP contribution in [0.25, 0.3) is 0 Å². The molecule has 5 nitrogen and oxygen atoms in total. The third kappa shape index (κ3) is 1.21. The Morgan fingerprint density at radius 3 is 2.73 bits per heavy atom. The summed E-state index contributed by atoms with van der Waals surface area (Å²) in [5.41, 5.74) is 4.79. The van der Waals surface area contributed by atoms with E-state index in [4.69, 9.17) is 15.9 Å². The molecule has 0 atom stereocenters. The number of carboxylic acids is 1. The fraction of sp³-hybridized carbons (Fsp3) is 0. The highest BCUT2D eigenvalue weighted by molar-refractivity contribution is 5.90. The number of aromatic carboxylic acids is 1. The topological polar surface area (TPSA) is 96.4 Å². The molecule has 0 aliphatic carbocycles. The van der Waals surface area contributed by atoms with Crippen LogP contribution in [0.3, 0.4) is 0 Å². The average molecular weight is 154 g/mol. The van der Waals surface area contributed by atoms with Gasteiger partial charge in [-0.1, -0.05) is 0 Å². The van der Waals surface area contributed by atoms with Crippen LogP contribution in [0.4, 0.5) is 5.69 Å². The van der Waals surface area contributed by atoms with Gasteiger partial charge in [-0.15, -0.1) is 0 Å². The van der Waals surface area contributed by atoms with Gasteiger partial charge < -0.3 is 15.9 Å². The van der Waals surface area contributed by atoms with Crippen LogP contribution < -0.4 is 5.73 Å². The van der Waals surface area contributed by atoms with Gasteiger partial charge in [0.1, 0.15) is 0 Å². The Bertz CT molecular complexity index is 298. The van der Waals surface area contributed by atoms with Gasteiger partial charge in [-0.05, 0) is 6.07 Å². The number of hydrogen-bond acceptors (Lipinski definition) is 4. The SMILES string of the molecule is Nc1ccnc(C(=O)O)c1O. The van der Waals surface area contributed by atoms with E-state index in [0.717, 1.165) is 0 Å². The van der Waals surface area contributed by atoms with E-state index in [0.29, 0.717) is 0 Å². The lowest BCUT2D eigenvalue weighted by Gasteiger charge is -1.99. The molecule has 1 aromatic rings. The van der Waals surface area contributed by atoms with Gasteiger partial charge in [0.15, 0.2) is 11.4 Å². The van der Waals surface area contributed by atoms with Crippen molar-refractivity contribution in [2.45, 2.75) is 0 Å². The van der Waals surface area contributed by atoms with Gasteiger partial charge in [-0.3, -0.25) is 0 Å². The summed E-state index contributed by atoms with van der Waals surface area (Å²) in [5.74, 6) is -1.78. The molecular formula is C6H6N2O3. The lowest BCUT2D eigenvalue weighted by atomic mass is 10.3. The highest BCUT2D eigenvalue weighted by Crippen LogP contribution is 2.21. The van der Waals surface area contributed by atoms with Crippen LogP contribution in [0, 0.1) is 0 Å². The van der Waals surface area contributed by atoms with Crippen molar-refractivity contribution < 1.29 is 15.0 Å². The number of aromatic nitrogens is 1. The predicted octanol–water partition coefficient (Wildman–Crippen LogP) is 0.0676. The average Bonchev–Trinajstić information content (AvgIpc) is 1.94. The summed E-state index contributed by atoms with van der Waals surface area (Å²) in [6.07, 6.45) is 1.22. The standard InChI is InChI=1S/C6H6N2O3/c7-3-1-2-8-4(5(3)9)6(10)11/h1-2,9H,(H2,7,8)(H,10,11). The molecule has 0 aliphatic heterocycles. The molecular weight excluding hydrogens is 148 g/mol. The molecule has 0 radical (unpaired) electrons. The molecule has 1 rings (SSSR count). The Hall–Kier alpha value is -1.78. The quantitative estimate of drug-likeness (QED) is 0.531. The fourth-order valence-corrected chi connectivity index (χ4v) is 0.625. The van der Waals surface area contributed by atoms with Crippen LogP contribution >= 0.6 is 0 Å². The summed E-state index contributed by atoms with van der Waals surface area (Å²) in [6.45, 7) is 0. The minimum absolute atomic E-state index is 0.0115. The number of nitrogens with two attached hydrogens (primary N) is 1. The first kappa shape index (κ1) is 7.33. The molecule has 11 heavy (non-hydrogen) atoms. The molecule has 58 valence electrons. The Morgan fingerprint density at radius 2 is 2.27 bits per heavy atom. The number of pyridine rings is 1. The second-order valence-electron chi connectivity index (χ2n) is 1.90. The van der Waals surface area contributed by atoms with Crippen molar-refractivity contribution in [1.82, 2.24) is 4.98 Å². The first-order valence-electron chi connectivity index (χ1n) is 2.79. The molecule has 0 bridgehead atoms. The van der Waals surface area contributed by atoms with E-state index in [1.165, 1.54) is 12.3 Å². The fourth-order valence-electron chi connectivity index (χ4n) is 0.625. The molecule has 0 unspecified atom stereocenters. The summed E-state index contributed by atoms with van der Waals surface area (Å²) in [6, 6.07) is 1.32. The molecule has 0 spiro atoms. The molecule has 1 aromatic heterocycles. The lowest BCUT2D eigenvalue weighted by molar-refractivity contribution is 0.0687. The highest BCUT2D eigenvalue weighted by Gasteiger charge is 2.12. The van der Waals surface area contributed by atoms with Crippen LogP contribution in [0.2, 0.25) is 0 Å². The maximum Gasteiger partial charge on any atom is 0.358 e. The van der Waals surface area contributed by atoms with Crippen LogP contribution in [0.1, 0.15) is 10.5 Å². The molecule has 0 aliphatic rings. The van der Waals surface area contributed by atoms with Gasteiger partial charge in [0.05, 0.1) is 5.69 Å². The third-order valence-corrected chi connectivity index (χ3v) is 1.16. The number of carbonyl (C=O) groups is 1. The first-order chi connectivity index (χ1) is 5.13. The Balaban J connectivity index is 3.27. The van der Waals surface area contributed by atoms with Crippen molar-refractivity contribution in [1.29, 1.82) is 0 Å². The van der Waals surface area contributed by atoms with E-state index in [1.807, 2.05) is 0 Å². The summed E-state index contributed by atoms with van der Waals surface area (Å²) in [4.78, 5) is 13.7. The van der Waals surface area contributed by atoms with Crippen molar-refractivity contribution in [3.63, 3.8) is 0 Å². The summed E-state index contributed by atoms with van der Waals surface area (Å²) in [5, 5.41) is 17.4. The van der Waals surface area contributed by atoms with Crippen LogP contribution in [0.5, 0.6) is 5.75 Å². The normalized spacial score (nSPS) is 9.45. The van der Waals surface area contributed by atoms with Crippen molar-refractivity contribution in [3.05, 3.63) is 18.0 Å². The molecule has 0 fully saturated rings. The molecule has 0 saturated carbocycles. The van der Waals surface area contributed by atoms with Gasteiger partial charge in [-0.25, -0.2) is 9.78 Å². The second kappa shape index (κ2) is 2.45. The number of rotatable bonds is 1. The Morgan fingerprint density at radius 1 is 1.64 bits per heavy atom. The van der Waals surface area contributed by atoms with Gasteiger partial charge >= 0.3 is 5.97 Å². The van der Waals surface area contributed by atoms with Crippen LogP contribution in [-0.4, -0.2) is 21.2 Å². The monoisotopic (exact) mass is 154 g/mol. The van der Waals surface area contributed by atoms with Crippen molar-refractivity contribution >= 4 is 11.7 Å². The molecule has 0 saturated heterocycles. The molecule has 1 heterocycles. The maximum atomic E-state index is 10.3. The molecule has 5 heteroatoms. The maximum absolute atomic E-state index is 10.3. The van der Waals surface area contributed by atoms with Crippen molar-refractivity contribution in [2.24, 2.45) is 0 Å². The summed E-state index contributed by atoms with van der Waals surface area (Å²) >= 11 is 0. The van der Waals surface area contributed by atoms with Gasteiger partial charge in [0.25, 0.3) is 0 Å². The summed E-state index contributed by atoms with van der Waals surface area (Å²) in [7, 11) is 0. The Kier molecular flexibility index (Phi) is 1.63. The van der Waals surface area contributed by atoms with E-state index < -0.39 is 17.4 Å². The zero-order chi connectivity index (χ0) is 8.43. The third-order valence-electron chi connectivity index (χ3n) is 1.16. The predicted molar refractivity (Wildman–Crippen MR) is 37.3 cm³/mol. The van der Waals surface area contributed by atoms with E-state index in [-0.39, 0.29) is 5.69 Å². The minimum Gasteiger partial charge on any atom is -0.504 e. The van der Waals surface area contributed by atoms with Crippen molar-refractivity contribution in [2.75, 3.05) is 5.73 Å². The number of carboxylic acid groups (broad SMARTS) is 1. The number of aromatic hydroxyl groups is 1. The number of hydrogen-bond donors (Lipinski definition) is 3. The zero-order valence-electron chi connectivity index (χ0n) is 5.48. The lowest BCUT2D eigenvalue weighted by Crippen LogP contribution is -2.01. The van der Waals surface area contributed by atoms with Crippen LogP contribution in [0.15, 0.2) is 12.3 Å². The largest absolute Gasteiger partial charge is 0.504 e. The molecule has 4 N–H and O–H groups in total. The van der Waals surface area contributed by atoms with Crippen molar-refractivity contribution in [3.8, 4) is 5.75 Å². The molecule has 0 amide bonds. The highest BCUT2D eigenvalue weighted by atomic mass is 16.4. The van der Waals surface area contributed by atoms with Gasteiger partial charge in [0, 0.05) is 6.20 Å². The zero-order valence-corrected chi connectivity index (χ0v) is 5.48. The van der Waals surface area contributed by atoms with Gasteiger partial charge in [0.2, 0.25) is 0 Å². The molecule has 0 aromatic carbocycles. The summed E-state index contributed by atoms with van der Waals surface area (Å²) < 4.78 is 0. The minimum atomic E-state index is -1.30. The van der Waals surface area contributed by atoms with Gasteiger partial charge in [-0.2, -0.15) is 0 Å². The first-order valence-corrected chi connectivity index (χ1v) is 2.79. The van der Waals surface area contributed by atoms with E-state index in [2.05, 4.69) is 4.98 Å². The smallest absolute Gasteiger partial charge is 0.358 e. The second-order valence-corrected chi connectivity index (χ2v) is 1.90. The van der Waals surface area contributed by atoms with E-state index >= 15 is 0 Å². The number of nitrogen functional groups attached to an aromatic ring is 1. The van der Waals surface area contributed by atoms with E-state index in [9.17, 15) is 4.79 Å².